The van der Waals surface area contributed by atoms with Gasteiger partial charge < -0.3 is 9.88 Å². The van der Waals surface area contributed by atoms with Crippen molar-refractivity contribution in [1.82, 2.24) is 9.29 Å². The highest BCUT2D eigenvalue weighted by Crippen LogP contribution is 2.35. The number of carbonyl (C=O) groups excluding carboxylic acids is 1. The quantitative estimate of drug-likeness (QED) is 0.757. The van der Waals surface area contributed by atoms with E-state index in [9.17, 15) is 22.0 Å². The molecule has 2 N–H and O–H groups in total. The molecule has 152 valence electrons. The average Bonchev–Trinajstić information content (AvgIpc) is 2.75. The maximum absolute atomic E-state index is 13.4. The van der Waals surface area contributed by atoms with Crippen molar-refractivity contribution in [2.24, 2.45) is 0 Å². The minimum atomic E-state index is -3.89. The molecule has 0 fully saturated rings. The van der Waals surface area contributed by atoms with E-state index in [2.05, 4.69) is 10.0 Å². The van der Waals surface area contributed by atoms with Crippen LogP contribution in [-0.2, 0) is 23.0 Å². The van der Waals surface area contributed by atoms with Gasteiger partial charge in [0, 0.05) is 30.5 Å². The number of carbonyl (C=O) groups is 1. The molecule has 28 heavy (non-hydrogen) atoms. The molecule has 6 nitrogen and oxygen atoms in total. The zero-order valence-electron chi connectivity index (χ0n) is 15.2. The fourth-order valence-corrected chi connectivity index (χ4v) is 5.35. The molecule has 0 saturated heterocycles. The Hall–Kier alpha value is -1.97. The van der Waals surface area contributed by atoms with Gasteiger partial charge in [-0.25, -0.2) is 21.9 Å². The van der Waals surface area contributed by atoms with Crippen LogP contribution in [0.3, 0.4) is 0 Å². The molecule has 3 rings (SSSR count). The smallest absolute Gasteiger partial charge is 0.273 e. The summed E-state index contributed by atoms with van der Waals surface area (Å²) in [6.45, 7) is 2.27. The predicted octanol–water partition coefficient (Wildman–Crippen LogP) is 3.70. The van der Waals surface area contributed by atoms with Gasteiger partial charge in [0.25, 0.3) is 5.91 Å². The van der Waals surface area contributed by atoms with Crippen LogP contribution in [-0.4, -0.2) is 25.4 Å². The normalized spacial score (nSPS) is 14.4. The maximum atomic E-state index is 13.4. The van der Waals surface area contributed by atoms with Crippen molar-refractivity contribution in [3.8, 4) is 0 Å². The molecule has 0 bridgehead atoms. The highest BCUT2D eigenvalue weighted by Gasteiger charge is 2.33. The van der Waals surface area contributed by atoms with Gasteiger partial charge in [0.2, 0.25) is 10.0 Å². The molecule has 2 heterocycles. The number of hydrogen-bond acceptors (Lipinski definition) is 3. The molecule has 0 saturated carbocycles. The predicted molar refractivity (Wildman–Crippen MR) is 102 cm³/mol. The summed E-state index contributed by atoms with van der Waals surface area (Å²) in [6, 6.07) is 2.96. The monoisotopic (exact) mass is 431 g/mol. The van der Waals surface area contributed by atoms with Crippen molar-refractivity contribution in [3.05, 3.63) is 46.2 Å². The summed E-state index contributed by atoms with van der Waals surface area (Å²) < 4.78 is 56.0. The molecule has 10 heteroatoms. The molecular formula is C18H20ClF2N3O3S. The van der Waals surface area contributed by atoms with Gasteiger partial charge in [0.1, 0.15) is 10.6 Å². The molecule has 0 spiro atoms. The minimum Gasteiger partial charge on any atom is -0.338 e. The van der Waals surface area contributed by atoms with Crippen molar-refractivity contribution in [2.45, 2.75) is 44.0 Å². The zero-order chi connectivity index (χ0) is 20.5. The fraction of sp³-hybridized carbons (Fsp3) is 0.389. The van der Waals surface area contributed by atoms with Crippen molar-refractivity contribution in [2.75, 3.05) is 11.9 Å². The van der Waals surface area contributed by atoms with E-state index in [4.69, 9.17) is 11.6 Å². The van der Waals surface area contributed by atoms with Gasteiger partial charge in [-0.3, -0.25) is 4.79 Å². The molecule has 1 aliphatic rings. The number of aromatic nitrogens is 1. The number of halogens is 3. The van der Waals surface area contributed by atoms with Gasteiger partial charge >= 0.3 is 0 Å². The molecule has 1 aromatic heterocycles. The second kappa shape index (κ2) is 8.18. The summed E-state index contributed by atoms with van der Waals surface area (Å²) in [6.07, 6.45) is 2.91. The molecule has 1 amide bonds. The standard InChI is InChI=1S/C18H20ClF2N3O3S/c1-2-22-28(26,27)17-14-6-4-3-5-9-24(14)16(15(17)19)18(25)23-11-7-8-12(20)13(21)10-11/h7-8,10,22H,2-6,9H2,1H3,(H,23,25). The van der Waals surface area contributed by atoms with Crippen LogP contribution in [0.15, 0.2) is 23.1 Å². The molecule has 1 aromatic carbocycles. The van der Waals surface area contributed by atoms with Crippen LogP contribution in [0.4, 0.5) is 14.5 Å². The second-order valence-electron chi connectivity index (χ2n) is 6.49. The van der Waals surface area contributed by atoms with E-state index in [0.717, 1.165) is 31.4 Å². The summed E-state index contributed by atoms with van der Waals surface area (Å²) in [5.41, 5.74) is 0.527. The van der Waals surface area contributed by atoms with E-state index in [1.54, 1.807) is 11.5 Å². The molecule has 1 aliphatic heterocycles. The summed E-state index contributed by atoms with van der Waals surface area (Å²) in [7, 11) is -3.89. The summed E-state index contributed by atoms with van der Waals surface area (Å²) >= 11 is 6.38. The van der Waals surface area contributed by atoms with Gasteiger partial charge in [-0.05, 0) is 31.4 Å². The zero-order valence-corrected chi connectivity index (χ0v) is 16.8. The Kier molecular flexibility index (Phi) is 6.07. The number of nitrogens with zero attached hydrogens (tertiary/aromatic N) is 1. The molecule has 0 atom stereocenters. The minimum absolute atomic E-state index is 0.000206. The summed E-state index contributed by atoms with van der Waals surface area (Å²) in [5.74, 6) is -2.82. The summed E-state index contributed by atoms with van der Waals surface area (Å²) in [4.78, 5) is 12.8. The first-order valence-electron chi connectivity index (χ1n) is 8.93. The van der Waals surface area contributed by atoms with Gasteiger partial charge in [0.05, 0.1) is 5.02 Å². The topological polar surface area (TPSA) is 80.2 Å². The molecule has 0 unspecified atom stereocenters. The van der Waals surface area contributed by atoms with Crippen molar-refractivity contribution >= 4 is 33.2 Å². The first-order valence-corrected chi connectivity index (χ1v) is 10.8. The van der Waals surface area contributed by atoms with E-state index in [1.807, 2.05) is 0 Å². The maximum Gasteiger partial charge on any atom is 0.273 e. The SMILES string of the molecule is CCNS(=O)(=O)c1c(Cl)c(C(=O)Nc2ccc(F)c(F)c2)n2c1CCCCC2. The van der Waals surface area contributed by atoms with Gasteiger partial charge in [-0.15, -0.1) is 0 Å². The van der Waals surface area contributed by atoms with Gasteiger partial charge in [-0.1, -0.05) is 24.9 Å². The van der Waals surface area contributed by atoms with E-state index < -0.39 is 27.6 Å². The highest BCUT2D eigenvalue weighted by atomic mass is 35.5. The van der Waals surface area contributed by atoms with E-state index in [1.165, 1.54) is 6.07 Å². The number of hydrogen-bond donors (Lipinski definition) is 2. The summed E-state index contributed by atoms with van der Waals surface area (Å²) in [5, 5.41) is 2.30. The van der Waals surface area contributed by atoms with Crippen LogP contribution in [0, 0.1) is 11.6 Å². The number of fused-ring (bicyclic) bond motifs is 1. The third-order valence-corrected chi connectivity index (χ3v) is 6.68. The number of rotatable bonds is 5. The van der Waals surface area contributed by atoms with Crippen LogP contribution in [0.1, 0.15) is 42.4 Å². The van der Waals surface area contributed by atoms with E-state index in [0.29, 0.717) is 18.7 Å². The van der Waals surface area contributed by atoms with Crippen molar-refractivity contribution in [3.63, 3.8) is 0 Å². The lowest BCUT2D eigenvalue weighted by Gasteiger charge is -2.11. The van der Waals surface area contributed by atoms with Crippen LogP contribution in [0.25, 0.3) is 0 Å². The van der Waals surface area contributed by atoms with E-state index >= 15 is 0 Å². The van der Waals surface area contributed by atoms with Gasteiger partial charge in [-0.2, -0.15) is 0 Å². The molecule has 0 aliphatic carbocycles. The lowest BCUT2D eigenvalue weighted by molar-refractivity contribution is 0.101. The Labute approximate surface area is 166 Å². The lowest BCUT2D eigenvalue weighted by atomic mass is 10.2. The van der Waals surface area contributed by atoms with Gasteiger partial charge in [0.15, 0.2) is 11.6 Å². The Morgan fingerprint density at radius 3 is 2.64 bits per heavy atom. The Morgan fingerprint density at radius 2 is 1.96 bits per heavy atom. The van der Waals surface area contributed by atoms with Crippen molar-refractivity contribution < 1.29 is 22.0 Å². The Morgan fingerprint density at radius 1 is 1.21 bits per heavy atom. The number of benzene rings is 1. The fourth-order valence-electron chi connectivity index (χ4n) is 3.37. The molecule has 0 radical (unpaired) electrons. The Bertz CT molecular complexity index is 1020. The third-order valence-electron chi connectivity index (χ3n) is 4.56. The second-order valence-corrected chi connectivity index (χ2v) is 8.57. The molecular weight excluding hydrogens is 412 g/mol. The number of anilines is 1. The third kappa shape index (κ3) is 3.92. The van der Waals surface area contributed by atoms with E-state index in [-0.39, 0.29) is 27.8 Å². The Balaban J connectivity index is 2.08. The van der Waals surface area contributed by atoms with Crippen LogP contribution in [0.5, 0.6) is 0 Å². The van der Waals surface area contributed by atoms with Crippen LogP contribution >= 0.6 is 11.6 Å². The first-order chi connectivity index (χ1) is 13.3. The lowest BCUT2D eigenvalue weighted by Crippen LogP contribution is -2.24. The highest BCUT2D eigenvalue weighted by molar-refractivity contribution is 7.89. The molecule has 2 aromatic rings. The number of sulfonamides is 1. The average molecular weight is 432 g/mol. The number of nitrogens with one attached hydrogen (secondary N) is 2. The first kappa shape index (κ1) is 20.8. The van der Waals surface area contributed by atoms with Crippen LogP contribution in [0.2, 0.25) is 5.02 Å². The van der Waals surface area contributed by atoms with Crippen molar-refractivity contribution in [1.29, 1.82) is 0 Å². The largest absolute Gasteiger partial charge is 0.338 e. The number of amides is 1. The van der Waals surface area contributed by atoms with Crippen LogP contribution < -0.4 is 10.0 Å².